The number of allylic oxidation sites excluding steroid dienone is 1. The highest BCUT2D eigenvalue weighted by molar-refractivity contribution is 6.12. The van der Waals surface area contributed by atoms with Crippen molar-refractivity contribution in [2.75, 3.05) is 6.61 Å². The Balaban J connectivity index is 1.72. The predicted molar refractivity (Wildman–Crippen MR) is 128 cm³/mol. The van der Waals surface area contributed by atoms with Gasteiger partial charge in [0.1, 0.15) is 18.1 Å². The second-order valence-corrected chi connectivity index (χ2v) is 9.61. The fraction of sp³-hybridized carbons (Fsp3) is 0.393. The number of benzene rings is 2. The minimum atomic E-state index is -0.445. The third-order valence-electron chi connectivity index (χ3n) is 6.35. The van der Waals surface area contributed by atoms with Gasteiger partial charge in [-0.25, -0.2) is 4.79 Å². The van der Waals surface area contributed by atoms with Gasteiger partial charge in [0, 0.05) is 23.7 Å². The van der Waals surface area contributed by atoms with Crippen LogP contribution in [0.5, 0.6) is 5.75 Å². The van der Waals surface area contributed by atoms with Crippen LogP contribution in [0.25, 0.3) is 0 Å². The average molecular weight is 446 g/mol. The van der Waals surface area contributed by atoms with Gasteiger partial charge in [0.05, 0.1) is 18.1 Å². The van der Waals surface area contributed by atoms with E-state index in [1.54, 1.807) is 0 Å². The summed E-state index contributed by atoms with van der Waals surface area (Å²) in [6.07, 6.45) is 1.20. The topological polar surface area (TPSA) is 65.0 Å². The van der Waals surface area contributed by atoms with Crippen LogP contribution < -0.4 is 4.74 Å². The van der Waals surface area contributed by atoms with Crippen LogP contribution in [0.1, 0.15) is 57.6 Å². The third-order valence-corrected chi connectivity index (χ3v) is 6.35. The van der Waals surface area contributed by atoms with Gasteiger partial charge in [0.2, 0.25) is 0 Å². The molecule has 0 aromatic heterocycles. The highest BCUT2D eigenvalue weighted by atomic mass is 16.5. The molecular weight excluding hydrogens is 414 g/mol. The van der Waals surface area contributed by atoms with E-state index in [2.05, 4.69) is 13.8 Å². The van der Waals surface area contributed by atoms with Gasteiger partial charge in [-0.2, -0.15) is 0 Å². The van der Waals surface area contributed by atoms with E-state index in [1.807, 2.05) is 68.4 Å². The van der Waals surface area contributed by atoms with Crippen LogP contribution in [-0.2, 0) is 20.9 Å². The van der Waals surface area contributed by atoms with Crippen LogP contribution >= 0.6 is 0 Å². The molecule has 0 saturated heterocycles. The zero-order valence-corrected chi connectivity index (χ0v) is 19.8. The Bertz CT molecular complexity index is 1100. The normalized spacial score (nSPS) is 21.8. The Morgan fingerprint density at radius 1 is 1.03 bits per heavy atom. The minimum absolute atomic E-state index is 0.129. The summed E-state index contributed by atoms with van der Waals surface area (Å²) < 4.78 is 11.3. The molecule has 0 spiro atoms. The van der Waals surface area contributed by atoms with E-state index in [0.29, 0.717) is 24.3 Å². The highest BCUT2D eigenvalue weighted by Crippen LogP contribution is 2.47. The lowest BCUT2D eigenvalue weighted by molar-refractivity contribution is -0.140. The first kappa shape index (κ1) is 23.0. The number of ketones is 1. The zero-order chi connectivity index (χ0) is 23.6. The van der Waals surface area contributed by atoms with E-state index < -0.39 is 17.8 Å². The van der Waals surface area contributed by atoms with E-state index in [4.69, 9.17) is 14.5 Å². The summed E-state index contributed by atoms with van der Waals surface area (Å²) in [6.45, 7) is 8.72. The number of hydrogen-bond acceptors (Lipinski definition) is 5. The summed E-state index contributed by atoms with van der Waals surface area (Å²) in [5.74, 6) is -0.393. The molecule has 1 heterocycles. The Labute approximate surface area is 195 Å². The van der Waals surface area contributed by atoms with E-state index in [9.17, 15) is 9.59 Å². The molecule has 2 aromatic rings. The number of esters is 1. The third kappa shape index (κ3) is 4.92. The zero-order valence-electron chi connectivity index (χ0n) is 19.8. The molecule has 1 aliphatic heterocycles. The number of nitrogens with zero attached hydrogens (tertiary/aromatic N) is 1. The van der Waals surface area contributed by atoms with Gasteiger partial charge in [-0.05, 0) is 48.9 Å². The molecular formula is C28H31NO4. The number of Topliss-reactive ketones (excluding diaryl/α,β-unsaturated/α-hetero) is 1. The number of fused-ring (bicyclic) bond motifs is 1. The number of aliphatic imine (C=N–C) groups is 1. The lowest BCUT2D eigenvalue weighted by Gasteiger charge is -2.41. The van der Waals surface area contributed by atoms with Gasteiger partial charge < -0.3 is 9.47 Å². The monoisotopic (exact) mass is 445 g/mol. The number of ether oxygens (including phenoxy) is 2. The molecule has 1 unspecified atom stereocenters. The van der Waals surface area contributed by atoms with Gasteiger partial charge in [-0.3, -0.25) is 9.79 Å². The van der Waals surface area contributed by atoms with Crippen LogP contribution in [0.4, 0.5) is 0 Å². The number of carbonyl (C=O) groups excluding carboxylic acids is 2. The average Bonchev–Trinajstić information content (AvgIpc) is 2.77. The molecule has 0 amide bonds. The van der Waals surface area contributed by atoms with Gasteiger partial charge in [0.15, 0.2) is 0 Å². The second-order valence-electron chi connectivity index (χ2n) is 9.61. The maximum Gasteiger partial charge on any atom is 0.336 e. The highest BCUT2D eigenvalue weighted by Gasteiger charge is 2.47. The first-order valence-electron chi connectivity index (χ1n) is 11.5. The summed E-state index contributed by atoms with van der Waals surface area (Å²) >= 11 is 0. The molecule has 1 fully saturated rings. The van der Waals surface area contributed by atoms with Gasteiger partial charge in [-0.15, -0.1) is 0 Å². The fourth-order valence-electron chi connectivity index (χ4n) is 4.96. The SMILES string of the molecule is CCOc1ccc([C@@H]2C(C(=O)OCc3ccccc3)=C(C)N=C3CC(C)(C)CC(=O)C32)cc1. The number of rotatable bonds is 6. The molecule has 0 bridgehead atoms. The fourth-order valence-corrected chi connectivity index (χ4v) is 4.96. The molecule has 172 valence electrons. The molecule has 1 saturated carbocycles. The van der Waals surface area contributed by atoms with Crippen LogP contribution in [0.3, 0.4) is 0 Å². The maximum atomic E-state index is 13.4. The van der Waals surface area contributed by atoms with E-state index in [0.717, 1.165) is 29.0 Å². The smallest absolute Gasteiger partial charge is 0.336 e. The van der Waals surface area contributed by atoms with Crippen LogP contribution in [0.2, 0.25) is 0 Å². The molecule has 5 heteroatoms. The molecule has 2 aromatic carbocycles. The van der Waals surface area contributed by atoms with Crippen LogP contribution in [0, 0.1) is 11.3 Å². The molecule has 4 rings (SSSR count). The van der Waals surface area contributed by atoms with Crippen molar-refractivity contribution in [1.29, 1.82) is 0 Å². The second kappa shape index (κ2) is 9.34. The lowest BCUT2D eigenvalue weighted by atomic mass is 9.63. The Kier molecular flexibility index (Phi) is 6.50. The van der Waals surface area contributed by atoms with Crippen molar-refractivity contribution in [3.05, 3.63) is 77.0 Å². The summed E-state index contributed by atoms with van der Waals surface area (Å²) in [5.41, 5.74) is 3.64. The first-order valence-corrected chi connectivity index (χ1v) is 11.5. The largest absolute Gasteiger partial charge is 0.494 e. The summed E-state index contributed by atoms with van der Waals surface area (Å²) in [4.78, 5) is 31.5. The van der Waals surface area contributed by atoms with Gasteiger partial charge >= 0.3 is 5.97 Å². The molecule has 2 aliphatic rings. The molecule has 33 heavy (non-hydrogen) atoms. The molecule has 5 nitrogen and oxygen atoms in total. The number of carbonyl (C=O) groups is 2. The predicted octanol–water partition coefficient (Wildman–Crippen LogP) is 5.65. The summed E-state index contributed by atoms with van der Waals surface area (Å²) in [5, 5.41) is 0. The molecule has 0 radical (unpaired) electrons. The van der Waals surface area contributed by atoms with Crippen molar-refractivity contribution in [3.63, 3.8) is 0 Å². The molecule has 1 aliphatic carbocycles. The quantitative estimate of drug-likeness (QED) is 0.539. The molecule has 0 N–H and O–H groups in total. The number of hydrogen-bond donors (Lipinski definition) is 0. The van der Waals surface area contributed by atoms with Crippen molar-refractivity contribution in [1.82, 2.24) is 0 Å². The van der Waals surface area contributed by atoms with Crippen molar-refractivity contribution in [3.8, 4) is 5.75 Å². The molecule has 2 atom stereocenters. The summed E-state index contributed by atoms with van der Waals surface area (Å²) in [7, 11) is 0. The lowest BCUT2D eigenvalue weighted by Crippen LogP contribution is -2.44. The Morgan fingerprint density at radius 2 is 1.73 bits per heavy atom. The van der Waals surface area contributed by atoms with E-state index in [-0.39, 0.29) is 17.8 Å². The van der Waals surface area contributed by atoms with Crippen molar-refractivity contribution in [2.45, 2.75) is 53.1 Å². The van der Waals surface area contributed by atoms with Crippen molar-refractivity contribution < 1.29 is 19.1 Å². The van der Waals surface area contributed by atoms with Gasteiger partial charge in [0.25, 0.3) is 0 Å². The van der Waals surface area contributed by atoms with Crippen LogP contribution in [-0.4, -0.2) is 24.1 Å². The maximum absolute atomic E-state index is 13.4. The van der Waals surface area contributed by atoms with E-state index >= 15 is 0 Å². The standard InChI is InChI=1S/C28H31NO4/c1-5-32-21-13-11-20(12-14-21)25-24(27(31)33-17-19-9-7-6-8-10-19)18(2)29-22-15-28(3,4)16-23(30)26(22)25/h6-14,25-26H,5,15-17H2,1-4H3/t25-,26?/m1/s1. The summed E-state index contributed by atoms with van der Waals surface area (Å²) in [6, 6.07) is 17.3. The minimum Gasteiger partial charge on any atom is -0.494 e. The van der Waals surface area contributed by atoms with Crippen LogP contribution in [0.15, 0.2) is 70.9 Å². The van der Waals surface area contributed by atoms with Crippen molar-refractivity contribution in [2.24, 2.45) is 16.3 Å². The van der Waals surface area contributed by atoms with Gasteiger partial charge in [-0.1, -0.05) is 56.3 Å². The Morgan fingerprint density at radius 3 is 2.39 bits per heavy atom. The van der Waals surface area contributed by atoms with Crippen molar-refractivity contribution >= 4 is 17.5 Å². The Hall–Kier alpha value is -3.21. The first-order chi connectivity index (χ1) is 15.8. The van der Waals surface area contributed by atoms with E-state index in [1.165, 1.54) is 0 Å².